The average molecular weight is 329 g/mol. The van der Waals surface area contributed by atoms with E-state index in [2.05, 4.69) is 5.32 Å². The number of carboxylic acids is 1. The molecule has 1 saturated carbocycles. The molecule has 126 valence electrons. The molecule has 0 radical (unpaired) electrons. The first-order valence-corrected chi connectivity index (χ1v) is 7.50. The number of carboxylic acid groups (broad SMARTS) is 1. The van der Waals surface area contributed by atoms with Gasteiger partial charge in [0, 0.05) is 5.56 Å². The smallest absolute Gasteiger partial charge is 0.416 e. The Balaban J connectivity index is 2.14. The van der Waals surface area contributed by atoms with Crippen molar-refractivity contribution in [3.8, 4) is 0 Å². The van der Waals surface area contributed by atoms with Gasteiger partial charge in [0.2, 0.25) is 0 Å². The Morgan fingerprint density at radius 3 is 2.39 bits per heavy atom. The minimum absolute atomic E-state index is 0.184. The van der Waals surface area contributed by atoms with Gasteiger partial charge >= 0.3 is 12.1 Å². The van der Waals surface area contributed by atoms with Crippen LogP contribution in [-0.2, 0) is 11.0 Å². The van der Waals surface area contributed by atoms with Crippen LogP contribution >= 0.6 is 0 Å². The predicted molar refractivity (Wildman–Crippen MR) is 76.9 cm³/mol. The lowest BCUT2D eigenvalue weighted by Crippen LogP contribution is -2.46. The molecule has 1 aromatic rings. The highest BCUT2D eigenvalue weighted by molar-refractivity contribution is 5.96. The maximum absolute atomic E-state index is 12.7. The zero-order valence-electron chi connectivity index (χ0n) is 12.4. The molecular weight excluding hydrogens is 311 g/mol. The number of alkyl halides is 3. The fourth-order valence-electron chi connectivity index (χ4n) is 2.91. The first-order chi connectivity index (χ1) is 10.8. The molecular formula is C16H18F3NO3. The van der Waals surface area contributed by atoms with Crippen LogP contribution in [0, 0.1) is 5.92 Å². The van der Waals surface area contributed by atoms with Crippen LogP contribution in [0.15, 0.2) is 24.3 Å². The van der Waals surface area contributed by atoms with Crippen molar-refractivity contribution < 1.29 is 27.9 Å². The van der Waals surface area contributed by atoms with E-state index in [1.807, 2.05) is 0 Å². The summed E-state index contributed by atoms with van der Waals surface area (Å²) < 4.78 is 38.1. The molecule has 0 heterocycles. The van der Waals surface area contributed by atoms with Crippen molar-refractivity contribution in [2.75, 3.05) is 0 Å². The molecule has 1 atom stereocenters. The number of halogens is 3. The average Bonchev–Trinajstić information content (AvgIpc) is 2.52. The van der Waals surface area contributed by atoms with Gasteiger partial charge in [0.15, 0.2) is 0 Å². The van der Waals surface area contributed by atoms with Gasteiger partial charge in [-0.05, 0) is 37.0 Å². The SMILES string of the molecule is O=C(N[C@@H](C(=O)O)C1CCCCC1)c1cccc(C(F)(F)F)c1. The molecule has 7 heteroatoms. The molecule has 1 amide bonds. The number of aliphatic carboxylic acids is 1. The zero-order chi connectivity index (χ0) is 17.0. The molecule has 1 fully saturated rings. The molecule has 1 aliphatic carbocycles. The maximum atomic E-state index is 12.7. The first-order valence-electron chi connectivity index (χ1n) is 7.50. The van der Waals surface area contributed by atoms with E-state index in [-0.39, 0.29) is 11.5 Å². The Labute approximate surface area is 131 Å². The Bertz CT molecular complexity index is 580. The molecule has 0 aliphatic heterocycles. The van der Waals surface area contributed by atoms with Gasteiger partial charge in [-0.2, -0.15) is 13.2 Å². The molecule has 0 spiro atoms. The number of carbonyl (C=O) groups excluding carboxylic acids is 1. The highest BCUT2D eigenvalue weighted by Crippen LogP contribution is 2.30. The van der Waals surface area contributed by atoms with Crippen molar-refractivity contribution in [1.29, 1.82) is 0 Å². The third-order valence-electron chi connectivity index (χ3n) is 4.13. The van der Waals surface area contributed by atoms with Crippen LogP contribution in [0.3, 0.4) is 0 Å². The minimum Gasteiger partial charge on any atom is -0.480 e. The molecule has 1 aliphatic rings. The van der Waals surface area contributed by atoms with Crippen LogP contribution in [0.2, 0.25) is 0 Å². The largest absolute Gasteiger partial charge is 0.480 e. The van der Waals surface area contributed by atoms with Gasteiger partial charge in [0.25, 0.3) is 5.91 Å². The quantitative estimate of drug-likeness (QED) is 0.889. The number of amides is 1. The summed E-state index contributed by atoms with van der Waals surface area (Å²) in [6, 6.07) is 2.90. The normalized spacial score (nSPS) is 17.5. The molecule has 0 bridgehead atoms. The molecule has 2 rings (SSSR count). The van der Waals surface area contributed by atoms with E-state index >= 15 is 0 Å². The van der Waals surface area contributed by atoms with Crippen LogP contribution in [0.4, 0.5) is 13.2 Å². The summed E-state index contributed by atoms with van der Waals surface area (Å²) in [6.07, 6.45) is -0.336. The Morgan fingerprint density at radius 1 is 1.17 bits per heavy atom. The molecule has 0 unspecified atom stereocenters. The zero-order valence-corrected chi connectivity index (χ0v) is 12.4. The van der Waals surface area contributed by atoms with Crippen molar-refractivity contribution in [1.82, 2.24) is 5.32 Å². The molecule has 0 aromatic heterocycles. The van der Waals surface area contributed by atoms with E-state index < -0.39 is 29.7 Å². The van der Waals surface area contributed by atoms with Gasteiger partial charge in [-0.15, -0.1) is 0 Å². The van der Waals surface area contributed by atoms with Crippen LogP contribution in [0.25, 0.3) is 0 Å². The van der Waals surface area contributed by atoms with Gasteiger partial charge in [0.05, 0.1) is 5.56 Å². The summed E-state index contributed by atoms with van der Waals surface area (Å²) in [5, 5.41) is 11.7. The van der Waals surface area contributed by atoms with Crippen LogP contribution in [0.5, 0.6) is 0 Å². The van der Waals surface area contributed by atoms with Crippen molar-refractivity contribution in [2.45, 2.75) is 44.3 Å². The second-order valence-corrected chi connectivity index (χ2v) is 5.77. The Kier molecular flexibility index (Phi) is 5.28. The molecule has 23 heavy (non-hydrogen) atoms. The summed E-state index contributed by atoms with van der Waals surface area (Å²) in [4.78, 5) is 23.5. The van der Waals surface area contributed by atoms with Gasteiger partial charge in [-0.25, -0.2) is 4.79 Å². The highest BCUT2D eigenvalue weighted by atomic mass is 19.4. The first kappa shape index (κ1) is 17.3. The number of nitrogens with one attached hydrogen (secondary N) is 1. The molecule has 4 nitrogen and oxygen atoms in total. The summed E-state index contributed by atoms with van der Waals surface area (Å²) in [5.74, 6) is -2.14. The lowest BCUT2D eigenvalue weighted by atomic mass is 9.84. The summed E-state index contributed by atoms with van der Waals surface area (Å²) in [7, 11) is 0. The lowest BCUT2D eigenvalue weighted by Gasteiger charge is -2.28. The molecule has 2 N–H and O–H groups in total. The van der Waals surface area contributed by atoms with Gasteiger partial charge in [-0.1, -0.05) is 25.3 Å². The van der Waals surface area contributed by atoms with Gasteiger partial charge in [-0.3, -0.25) is 4.79 Å². The summed E-state index contributed by atoms with van der Waals surface area (Å²) >= 11 is 0. The number of hydrogen-bond acceptors (Lipinski definition) is 2. The van der Waals surface area contributed by atoms with E-state index in [4.69, 9.17) is 0 Å². The number of carbonyl (C=O) groups is 2. The topological polar surface area (TPSA) is 66.4 Å². The predicted octanol–water partition coefficient (Wildman–Crippen LogP) is 3.47. The van der Waals surface area contributed by atoms with E-state index in [0.717, 1.165) is 37.5 Å². The number of hydrogen-bond donors (Lipinski definition) is 2. The van der Waals surface area contributed by atoms with E-state index in [1.54, 1.807) is 0 Å². The Hall–Kier alpha value is -2.05. The summed E-state index contributed by atoms with van der Waals surface area (Å²) in [5.41, 5.74) is -1.13. The Morgan fingerprint density at radius 2 is 1.83 bits per heavy atom. The van der Waals surface area contributed by atoms with Crippen molar-refractivity contribution in [3.05, 3.63) is 35.4 Å². The van der Waals surface area contributed by atoms with E-state index in [1.165, 1.54) is 6.07 Å². The number of rotatable bonds is 4. The number of benzene rings is 1. The summed E-state index contributed by atoms with van der Waals surface area (Å²) in [6.45, 7) is 0. The van der Waals surface area contributed by atoms with Crippen molar-refractivity contribution in [2.24, 2.45) is 5.92 Å². The fraction of sp³-hybridized carbons (Fsp3) is 0.500. The van der Waals surface area contributed by atoms with E-state index in [0.29, 0.717) is 12.8 Å². The third-order valence-corrected chi connectivity index (χ3v) is 4.13. The molecule has 1 aromatic carbocycles. The minimum atomic E-state index is -4.55. The van der Waals surface area contributed by atoms with Crippen molar-refractivity contribution >= 4 is 11.9 Å². The van der Waals surface area contributed by atoms with Crippen molar-refractivity contribution in [3.63, 3.8) is 0 Å². The van der Waals surface area contributed by atoms with Crippen LogP contribution in [0.1, 0.15) is 48.0 Å². The van der Waals surface area contributed by atoms with Gasteiger partial charge in [0.1, 0.15) is 6.04 Å². The third kappa shape index (κ3) is 4.46. The molecule has 0 saturated heterocycles. The monoisotopic (exact) mass is 329 g/mol. The fourth-order valence-corrected chi connectivity index (χ4v) is 2.91. The maximum Gasteiger partial charge on any atom is 0.416 e. The van der Waals surface area contributed by atoms with Crippen LogP contribution < -0.4 is 5.32 Å². The second kappa shape index (κ2) is 7.02. The van der Waals surface area contributed by atoms with Crippen LogP contribution in [-0.4, -0.2) is 23.0 Å². The second-order valence-electron chi connectivity index (χ2n) is 5.77. The van der Waals surface area contributed by atoms with Gasteiger partial charge < -0.3 is 10.4 Å². The van der Waals surface area contributed by atoms with E-state index in [9.17, 15) is 27.9 Å². The highest BCUT2D eigenvalue weighted by Gasteiger charge is 2.33. The lowest BCUT2D eigenvalue weighted by molar-refractivity contribution is -0.141. The standard InChI is InChI=1S/C16H18F3NO3/c17-16(18,19)12-8-4-7-11(9-12)14(21)20-13(15(22)23)10-5-2-1-3-6-10/h4,7-10,13H,1-3,5-6H2,(H,20,21)(H,22,23)/t13-/m1/s1.